The summed E-state index contributed by atoms with van der Waals surface area (Å²) in [5, 5.41) is 15.0. The Balaban J connectivity index is 1.84. The van der Waals surface area contributed by atoms with Crippen LogP contribution in [0.1, 0.15) is 33.5 Å². The average Bonchev–Trinajstić information content (AvgIpc) is 2.96. The van der Waals surface area contributed by atoms with Crippen molar-refractivity contribution >= 4 is 11.6 Å². The first kappa shape index (κ1) is 18.2. The average molecular weight is 331 g/mol. The summed E-state index contributed by atoms with van der Waals surface area (Å²) < 4.78 is 1.97. The highest BCUT2D eigenvalue weighted by molar-refractivity contribution is 5.79. The molecule has 0 fully saturated rings. The lowest BCUT2D eigenvalue weighted by atomic mass is 10.2. The number of aliphatic imine (C=N–C) groups is 1. The summed E-state index contributed by atoms with van der Waals surface area (Å²) in [4.78, 5) is 6.72. The van der Waals surface area contributed by atoms with Crippen LogP contribution in [-0.2, 0) is 6.54 Å². The molecule has 0 unspecified atom stereocenters. The van der Waals surface area contributed by atoms with Crippen molar-refractivity contribution in [1.29, 1.82) is 0 Å². The van der Waals surface area contributed by atoms with Crippen LogP contribution in [-0.4, -0.2) is 57.7 Å². The molecule has 0 saturated carbocycles. The Morgan fingerprint density at radius 2 is 1.92 bits per heavy atom. The van der Waals surface area contributed by atoms with Gasteiger partial charge in [-0.15, -0.1) is 10.2 Å². The summed E-state index contributed by atoms with van der Waals surface area (Å²) in [6.07, 6.45) is 1.96. The molecule has 2 heterocycles. The largest absolute Gasteiger partial charge is 0.355 e. The second kappa shape index (κ2) is 8.63. The minimum atomic E-state index is 0.532. The van der Waals surface area contributed by atoms with E-state index in [1.807, 2.05) is 28.8 Å². The van der Waals surface area contributed by atoms with Gasteiger partial charge in [0, 0.05) is 38.4 Å². The molecule has 0 aliphatic carbocycles. The molecule has 0 aromatic carbocycles. The Hall–Kier alpha value is -2.15. The molecular formula is C17H29N7. The van der Waals surface area contributed by atoms with Crippen molar-refractivity contribution in [3.63, 3.8) is 0 Å². The van der Waals surface area contributed by atoms with E-state index < -0.39 is 0 Å². The summed E-state index contributed by atoms with van der Waals surface area (Å²) in [5.41, 5.74) is 0.849. The Morgan fingerprint density at radius 3 is 2.58 bits per heavy atom. The van der Waals surface area contributed by atoms with E-state index in [1.54, 1.807) is 7.05 Å². The minimum absolute atomic E-state index is 0.532. The van der Waals surface area contributed by atoms with Crippen molar-refractivity contribution < 1.29 is 0 Å². The molecule has 0 aliphatic heterocycles. The predicted octanol–water partition coefficient (Wildman–Crippen LogP) is 1.51. The van der Waals surface area contributed by atoms with Gasteiger partial charge in [0.2, 0.25) is 0 Å². The number of nitrogens with zero attached hydrogens (tertiary/aromatic N) is 5. The second-order valence-electron chi connectivity index (χ2n) is 6.32. The molecule has 2 aromatic heterocycles. The second-order valence-corrected chi connectivity index (χ2v) is 6.32. The molecule has 0 atom stereocenters. The number of aromatic nitrogens is 3. The standard InChI is InChI=1S/C17H29N7/c1-13(2)23(14(3)4)11-9-19-17(18-5)20-12-16-22-21-15-8-6-7-10-24(15)16/h6-8,10,13-14H,9,11-12H2,1-5H3,(H2,18,19,20). The van der Waals surface area contributed by atoms with E-state index >= 15 is 0 Å². The number of pyridine rings is 1. The maximum absolute atomic E-state index is 4.27. The van der Waals surface area contributed by atoms with Crippen molar-refractivity contribution in [2.75, 3.05) is 20.1 Å². The molecule has 132 valence electrons. The van der Waals surface area contributed by atoms with Gasteiger partial charge in [-0.1, -0.05) is 6.07 Å². The normalized spacial score (nSPS) is 12.6. The molecule has 2 aromatic rings. The van der Waals surface area contributed by atoms with Crippen molar-refractivity contribution in [3.8, 4) is 0 Å². The summed E-state index contributed by atoms with van der Waals surface area (Å²) in [7, 11) is 1.78. The van der Waals surface area contributed by atoms with Crippen LogP contribution < -0.4 is 10.6 Å². The van der Waals surface area contributed by atoms with E-state index in [2.05, 4.69) is 58.4 Å². The minimum Gasteiger partial charge on any atom is -0.355 e. The van der Waals surface area contributed by atoms with Crippen LogP contribution in [0.2, 0.25) is 0 Å². The summed E-state index contributed by atoms with van der Waals surface area (Å²) in [6.45, 7) is 11.3. The van der Waals surface area contributed by atoms with Gasteiger partial charge in [0.1, 0.15) is 0 Å². The monoisotopic (exact) mass is 331 g/mol. The van der Waals surface area contributed by atoms with Crippen LogP contribution in [0.15, 0.2) is 29.4 Å². The maximum Gasteiger partial charge on any atom is 0.191 e. The van der Waals surface area contributed by atoms with Crippen LogP contribution in [0.3, 0.4) is 0 Å². The van der Waals surface area contributed by atoms with Crippen LogP contribution in [0.5, 0.6) is 0 Å². The van der Waals surface area contributed by atoms with E-state index in [-0.39, 0.29) is 0 Å². The highest BCUT2D eigenvalue weighted by Gasteiger charge is 2.12. The van der Waals surface area contributed by atoms with E-state index in [0.717, 1.165) is 30.5 Å². The number of rotatable bonds is 7. The van der Waals surface area contributed by atoms with Crippen molar-refractivity contribution in [2.24, 2.45) is 4.99 Å². The fraction of sp³-hybridized carbons (Fsp3) is 0.588. The molecule has 0 radical (unpaired) electrons. The summed E-state index contributed by atoms with van der Waals surface area (Å²) in [6, 6.07) is 6.93. The zero-order valence-corrected chi connectivity index (χ0v) is 15.3. The fourth-order valence-corrected chi connectivity index (χ4v) is 2.81. The van der Waals surface area contributed by atoms with Gasteiger partial charge < -0.3 is 10.6 Å². The van der Waals surface area contributed by atoms with Crippen molar-refractivity contribution in [2.45, 2.75) is 46.3 Å². The molecule has 0 saturated heterocycles. The van der Waals surface area contributed by atoms with E-state index in [9.17, 15) is 0 Å². The molecular weight excluding hydrogens is 302 g/mol. The molecule has 0 aliphatic rings. The van der Waals surface area contributed by atoms with Gasteiger partial charge in [0.25, 0.3) is 0 Å². The van der Waals surface area contributed by atoms with Crippen LogP contribution >= 0.6 is 0 Å². The van der Waals surface area contributed by atoms with Crippen molar-refractivity contribution in [3.05, 3.63) is 30.2 Å². The number of fused-ring (bicyclic) bond motifs is 1. The molecule has 2 N–H and O–H groups in total. The predicted molar refractivity (Wildman–Crippen MR) is 98.2 cm³/mol. The van der Waals surface area contributed by atoms with Gasteiger partial charge in [-0.25, -0.2) is 0 Å². The van der Waals surface area contributed by atoms with Crippen LogP contribution in [0.25, 0.3) is 5.65 Å². The number of nitrogens with one attached hydrogen (secondary N) is 2. The zero-order chi connectivity index (χ0) is 17.5. The third-order valence-corrected chi connectivity index (χ3v) is 4.01. The first-order valence-electron chi connectivity index (χ1n) is 8.51. The highest BCUT2D eigenvalue weighted by atomic mass is 15.3. The zero-order valence-electron chi connectivity index (χ0n) is 15.3. The van der Waals surface area contributed by atoms with E-state index in [0.29, 0.717) is 18.6 Å². The van der Waals surface area contributed by atoms with Crippen LogP contribution in [0.4, 0.5) is 0 Å². The lowest BCUT2D eigenvalue weighted by molar-refractivity contribution is 0.178. The Labute approximate surface area is 144 Å². The Morgan fingerprint density at radius 1 is 1.17 bits per heavy atom. The molecule has 0 amide bonds. The highest BCUT2D eigenvalue weighted by Crippen LogP contribution is 2.04. The molecule has 24 heavy (non-hydrogen) atoms. The lowest BCUT2D eigenvalue weighted by Gasteiger charge is -2.30. The maximum atomic E-state index is 4.27. The molecule has 2 rings (SSSR count). The first-order valence-corrected chi connectivity index (χ1v) is 8.51. The van der Waals surface area contributed by atoms with Gasteiger partial charge in [0.05, 0.1) is 6.54 Å². The topological polar surface area (TPSA) is 69.8 Å². The van der Waals surface area contributed by atoms with Gasteiger partial charge in [-0.05, 0) is 39.8 Å². The Bertz CT molecular complexity index is 652. The molecule has 7 heteroatoms. The third-order valence-electron chi connectivity index (χ3n) is 4.01. The van der Waals surface area contributed by atoms with Crippen LogP contribution in [0, 0.1) is 0 Å². The Kier molecular flexibility index (Phi) is 6.54. The molecule has 0 bridgehead atoms. The quantitative estimate of drug-likeness (QED) is 0.594. The van der Waals surface area contributed by atoms with Gasteiger partial charge >= 0.3 is 0 Å². The fourth-order valence-electron chi connectivity index (χ4n) is 2.81. The lowest BCUT2D eigenvalue weighted by Crippen LogP contribution is -2.45. The van der Waals surface area contributed by atoms with Gasteiger partial charge in [-0.2, -0.15) is 0 Å². The summed E-state index contributed by atoms with van der Waals surface area (Å²) in [5.74, 6) is 1.63. The molecule has 7 nitrogen and oxygen atoms in total. The van der Waals surface area contributed by atoms with E-state index in [4.69, 9.17) is 0 Å². The third kappa shape index (κ3) is 4.67. The van der Waals surface area contributed by atoms with Crippen molar-refractivity contribution in [1.82, 2.24) is 30.1 Å². The number of guanidine groups is 1. The number of hydrogen-bond acceptors (Lipinski definition) is 4. The molecule has 0 spiro atoms. The number of hydrogen-bond donors (Lipinski definition) is 2. The SMILES string of the molecule is CN=C(NCCN(C(C)C)C(C)C)NCc1nnc2ccccn12. The van der Waals surface area contributed by atoms with Gasteiger partial charge in [0.15, 0.2) is 17.4 Å². The van der Waals surface area contributed by atoms with Gasteiger partial charge in [-0.3, -0.25) is 14.3 Å². The first-order chi connectivity index (χ1) is 11.5. The van der Waals surface area contributed by atoms with E-state index in [1.165, 1.54) is 0 Å². The summed E-state index contributed by atoms with van der Waals surface area (Å²) >= 11 is 0. The smallest absolute Gasteiger partial charge is 0.191 e.